The van der Waals surface area contributed by atoms with E-state index in [-0.39, 0.29) is 18.1 Å². The largest absolute Gasteiger partial charge is 0.294 e. The van der Waals surface area contributed by atoms with Crippen molar-refractivity contribution in [1.29, 1.82) is 0 Å². The molecule has 0 bridgehead atoms. The van der Waals surface area contributed by atoms with Crippen LogP contribution in [0.1, 0.15) is 18.1 Å². The Morgan fingerprint density at radius 3 is 2.52 bits per heavy atom. The van der Waals surface area contributed by atoms with Crippen molar-refractivity contribution in [3.05, 3.63) is 93.0 Å². The lowest BCUT2D eigenvalue weighted by atomic mass is 9.88. The molecule has 0 radical (unpaired) electrons. The Morgan fingerprint density at radius 1 is 1.03 bits per heavy atom. The number of benzene rings is 2. The van der Waals surface area contributed by atoms with Crippen molar-refractivity contribution in [2.75, 3.05) is 0 Å². The maximum absolute atomic E-state index is 13.5. The molecule has 3 nitrogen and oxygen atoms in total. The van der Waals surface area contributed by atoms with Crippen molar-refractivity contribution >= 4 is 23.5 Å². The maximum atomic E-state index is 13.5. The van der Waals surface area contributed by atoms with Crippen LogP contribution in [0.4, 0.5) is 8.78 Å². The van der Waals surface area contributed by atoms with Crippen LogP contribution < -0.4 is 0 Å². The monoisotopic (exact) mass is 407 g/mol. The molecule has 0 N–H and O–H groups in total. The van der Waals surface area contributed by atoms with E-state index < -0.39 is 17.6 Å². The van der Waals surface area contributed by atoms with Crippen LogP contribution in [-0.4, -0.2) is 16.6 Å². The van der Waals surface area contributed by atoms with Gasteiger partial charge < -0.3 is 0 Å². The van der Waals surface area contributed by atoms with Gasteiger partial charge in [0.25, 0.3) is 0 Å². The molecule has 0 spiro atoms. The minimum absolute atomic E-state index is 0.0134. The van der Waals surface area contributed by atoms with Crippen molar-refractivity contribution < 1.29 is 18.4 Å². The molecule has 2 aliphatic heterocycles. The van der Waals surface area contributed by atoms with Gasteiger partial charge in [0.1, 0.15) is 5.92 Å². The SMILES string of the molecule is CC1=C2SC(C#Cc3ccccc3)=CN2C(=O)C(Cc2ccc(F)c(F)c2)C1=O. The lowest BCUT2D eigenvalue weighted by molar-refractivity contribution is -0.137. The standard InChI is InChI=1S/C23H15F2NO2S/c1-14-21(27)18(11-16-8-10-19(24)20(25)12-16)22(28)26-13-17(29-23(14)26)9-7-15-5-3-2-4-6-15/h2-6,8,10,12-13,18H,11H2,1H3. The topological polar surface area (TPSA) is 37.4 Å². The molecule has 2 aliphatic rings. The Kier molecular flexibility index (Phi) is 5.08. The summed E-state index contributed by atoms with van der Waals surface area (Å²) in [4.78, 5) is 27.8. The van der Waals surface area contributed by atoms with Crippen molar-refractivity contribution in [3.8, 4) is 11.8 Å². The molecular formula is C23H15F2NO2S. The molecule has 2 aromatic carbocycles. The molecule has 2 aromatic rings. The highest BCUT2D eigenvalue weighted by Crippen LogP contribution is 2.42. The van der Waals surface area contributed by atoms with Gasteiger partial charge in [0.05, 0.1) is 9.93 Å². The van der Waals surface area contributed by atoms with Crippen molar-refractivity contribution in [2.24, 2.45) is 5.92 Å². The van der Waals surface area contributed by atoms with Crippen LogP contribution in [0.15, 0.2) is 70.2 Å². The van der Waals surface area contributed by atoms with Crippen LogP contribution in [0.25, 0.3) is 0 Å². The van der Waals surface area contributed by atoms with Gasteiger partial charge in [-0.15, -0.1) is 0 Å². The summed E-state index contributed by atoms with van der Waals surface area (Å²) in [7, 11) is 0. The molecule has 6 heteroatoms. The Bertz CT molecular complexity index is 1140. The van der Waals surface area contributed by atoms with Gasteiger partial charge in [-0.3, -0.25) is 14.5 Å². The zero-order valence-corrected chi connectivity index (χ0v) is 16.2. The number of hydrogen-bond acceptors (Lipinski definition) is 3. The summed E-state index contributed by atoms with van der Waals surface area (Å²) in [6, 6.07) is 12.9. The van der Waals surface area contributed by atoms with Crippen LogP contribution in [0, 0.1) is 29.4 Å². The second-order valence-corrected chi connectivity index (χ2v) is 7.75. The fourth-order valence-corrected chi connectivity index (χ4v) is 4.18. The van der Waals surface area contributed by atoms with Gasteiger partial charge in [0.2, 0.25) is 5.91 Å². The highest BCUT2D eigenvalue weighted by molar-refractivity contribution is 8.07. The highest BCUT2D eigenvalue weighted by Gasteiger charge is 2.41. The van der Waals surface area contributed by atoms with Gasteiger partial charge in [-0.05, 0) is 43.2 Å². The van der Waals surface area contributed by atoms with Crippen LogP contribution in [0.3, 0.4) is 0 Å². The molecule has 29 heavy (non-hydrogen) atoms. The molecular weight excluding hydrogens is 392 g/mol. The summed E-state index contributed by atoms with van der Waals surface area (Å²) in [5.41, 5.74) is 1.71. The normalized spacial score (nSPS) is 18.4. The van der Waals surface area contributed by atoms with Crippen LogP contribution >= 0.6 is 11.8 Å². The second-order valence-electron chi connectivity index (χ2n) is 6.72. The molecule has 1 unspecified atom stereocenters. The van der Waals surface area contributed by atoms with E-state index >= 15 is 0 Å². The summed E-state index contributed by atoms with van der Waals surface area (Å²) < 4.78 is 26.7. The first kappa shape index (κ1) is 19.2. The third-order valence-electron chi connectivity index (χ3n) is 4.74. The molecule has 144 valence electrons. The Balaban J connectivity index is 1.60. The lowest BCUT2D eigenvalue weighted by Gasteiger charge is -2.28. The van der Waals surface area contributed by atoms with Gasteiger partial charge in [-0.1, -0.05) is 47.9 Å². The number of hydrogen-bond donors (Lipinski definition) is 0. The molecule has 0 aliphatic carbocycles. The van der Waals surface area contributed by atoms with E-state index in [2.05, 4.69) is 11.8 Å². The van der Waals surface area contributed by atoms with Gasteiger partial charge in [0, 0.05) is 17.3 Å². The molecule has 0 saturated carbocycles. The minimum atomic E-state index is -0.999. The number of carbonyl (C=O) groups is 2. The van der Waals surface area contributed by atoms with Gasteiger partial charge >= 0.3 is 0 Å². The van der Waals surface area contributed by atoms with E-state index in [1.807, 2.05) is 30.3 Å². The number of fused-ring (bicyclic) bond motifs is 1. The third kappa shape index (κ3) is 3.74. The molecule has 0 saturated heterocycles. The summed E-state index contributed by atoms with van der Waals surface area (Å²) >= 11 is 1.28. The first-order valence-corrected chi connectivity index (χ1v) is 9.74. The van der Waals surface area contributed by atoms with E-state index in [1.165, 1.54) is 22.7 Å². The number of ketones is 1. The third-order valence-corrected chi connectivity index (χ3v) is 5.87. The number of nitrogens with zero attached hydrogens (tertiary/aromatic N) is 1. The molecule has 1 amide bonds. The number of allylic oxidation sites excluding steroid dienone is 2. The summed E-state index contributed by atoms with van der Waals surface area (Å²) in [5, 5.41) is 0.555. The zero-order valence-electron chi connectivity index (χ0n) is 15.4. The van der Waals surface area contributed by atoms with E-state index in [9.17, 15) is 18.4 Å². The van der Waals surface area contributed by atoms with Gasteiger partial charge in [-0.2, -0.15) is 0 Å². The fourth-order valence-electron chi connectivity index (χ4n) is 3.22. The fraction of sp³-hybridized carbons (Fsp3) is 0.130. The average molecular weight is 407 g/mol. The van der Waals surface area contributed by atoms with Crippen molar-refractivity contribution in [2.45, 2.75) is 13.3 Å². The smallest absolute Gasteiger partial charge is 0.242 e. The average Bonchev–Trinajstić information content (AvgIpc) is 3.16. The highest BCUT2D eigenvalue weighted by atomic mass is 32.2. The summed E-state index contributed by atoms with van der Waals surface area (Å²) in [6.07, 6.45) is 1.64. The van der Waals surface area contributed by atoms with Crippen molar-refractivity contribution in [3.63, 3.8) is 0 Å². The van der Waals surface area contributed by atoms with Crippen LogP contribution in [0.2, 0.25) is 0 Å². The van der Waals surface area contributed by atoms with Crippen LogP contribution in [0.5, 0.6) is 0 Å². The summed E-state index contributed by atoms with van der Waals surface area (Å²) in [5.74, 6) is 2.45. The Labute approximate surface area is 171 Å². The minimum Gasteiger partial charge on any atom is -0.294 e. The number of carbonyl (C=O) groups excluding carboxylic acids is 2. The molecule has 1 atom stereocenters. The number of halogens is 2. The van der Waals surface area contributed by atoms with E-state index in [4.69, 9.17) is 0 Å². The Hall–Kier alpha value is -3.17. The maximum Gasteiger partial charge on any atom is 0.242 e. The first-order chi connectivity index (χ1) is 13.9. The second kappa shape index (κ2) is 7.69. The van der Waals surface area contributed by atoms with Gasteiger partial charge in [-0.25, -0.2) is 8.78 Å². The zero-order chi connectivity index (χ0) is 20.5. The van der Waals surface area contributed by atoms with Gasteiger partial charge in [0.15, 0.2) is 17.4 Å². The molecule has 0 aromatic heterocycles. The number of amides is 1. The lowest BCUT2D eigenvalue weighted by Crippen LogP contribution is -2.41. The van der Waals surface area contributed by atoms with Crippen LogP contribution in [-0.2, 0) is 16.0 Å². The van der Waals surface area contributed by atoms with E-state index in [0.29, 0.717) is 21.1 Å². The molecule has 2 heterocycles. The van der Waals surface area contributed by atoms with Crippen molar-refractivity contribution in [1.82, 2.24) is 4.90 Å². The quantitative estimate of drug-likeness (QED) is 0.547. The molecule has 0 fully saturated rings. The first-order valence-electron chi connectivity index (χ1n) is 8.93. The van der Waals surface area contributed by atoms with E-state index in [1.54, 1.807) is 13.1 Å². The van der Waals surface area contributed by atoms with E-state index in [0.717, 1.165) is 17.7 Å². The predicted molar refractivity (Wildman–Crippen MR) is 107 cm³/mol. The number of thioether (sulfide) groups is 1. The molecule has 4 rings (SSSR count). The number of Topliss-reactive ketones (excluding diaryl/α,β-unsaturated/α-hetero) is 1. The summed E-state index contributed by atoms with van der Waals surface area (Å²) in [6.45, 7) is 1.67. The predicted octanol–water partition coefficient (Wildman–Crippen LogP) is 4.41. The Morgan fingerprint density at radius 2 is 1.79 bits per heavy atom. The number of rotatable bonds is 2.